The van der Waals surface area contributed by atoms with Crippen LogP contribution in [0, 0.1) is 11.6 Å². The molecule has 4 nitrogen and oxygen atoms in total. The molecule has 2 aromatic rings. The molecule has 3 rings (SSSR count). The quantitative estimate of drug-likeness (QED) is 0.594. The predicted molar refractivity (Wildman–Crippen MR) is 86.0 cm³/mol. The van der Waals surface area contributed by atoms with E-state index in [0.29, 0.717) is 23.2 Å². The Balaban J connectivity index is 1.78. The Hall–Kier alpha value is -1.89. The van der Waals surface area contributed by atoms with Crippen LogP contribution >= 0.6 is 11.8 Å². The van der Waals surface area contributed by atoms with Gasteiger partial charge in [-0.15, -0.1) is 0 Å². The summed E-state index contributed by atoms with van der Waals surface area (Å²) in [5.41, 5.74) is 0.297. The van der Waals surface area contributed by atoms with E-state index in [1.165, 1.54) is 17.8 Å². The highest BCUT2D eigenvalue weighted by Gasteiger charge is 2.18. The Morgan fingerprint density at radius 1 is 1.26 bits per heavy atom. The molecule has 122 valence electrons. The van der Waals surface area contributed by atoms with Gasteiger partial charge in [0.05, 0.1) is 6.61 Å². The Kier molecular flexibility index (Phi) is 4.95. The number of hydrogen-bond acceptors (Lipinski definition) is 5. The molecular weight excluding hydrogens is 320 g/mol. The summed E-state index contributed by atoms with van der Waals surface area (Å²) < 4.78 is 32.4. The standard InChI is InChI=1S/C16H17F2N3OS/c1-2-22-14-9-13(21-7-4-8-21)19-16(20-14)23-10-11-5-3-6-12(17)15(11)18/h3,5-6,9H,2,4,7-8,10H2,1H3. The number of ether oxygens (including phenoxy) is 1. The van der Waals surface area contributed by atoms with Gasteiger partial charge in [0, 0.05) is 30.5 Å². The van der Waals surface area contributed by atoms with Crippen molar-refractivity contribution in [2.24, 2.45) is 0 Å². The van der Waals surface area contributed by atoms with Gasteiger partial charge in [0.15, 0.2) is 16.8 Å². The lowest BCUT2D eigenvalue weighted by atomic mass is 10.2. The smallest absolute Gasteiger partial charge is 0.219 e. The van der Waals surface area contributed by atoms with Gasteiger partial charge in [-0.05, 0) is 19.4 Å². The summed E-state index contributed by atoms with van der Waals surface area (Å²) in [6.07, 6.45) is 1.14. The summed E-state index contributed by atoms with van der Waals surface area (Å²) in [7, 11) is 0. The molecule has 23 heavy (non-hydrogen) atoms. The number of halogens is 2. The van der Waals surface area contributed by atoms with Crippen LogP contribution < -0.4 is 9.64 Å². The van der Waals surface area contributed by atoms with E-state index in [9.17, 15) is 8.78 Å². The number of anilines is 1. The van der Waals surface area contributed by atoms with Crippen molar-refractivity contribution in [1.29, 1.82) is 0 Å². The van der Waals surface area contributed by atoms with Crippen LogP contribution in [0.15, 0.2) is 29.4 Å². The molecular formula is C16H17F2N3OS. The minimum atomic E-state index is -0.839. The lowest BCUT2D eigenvalue weighted by Gasteiger charge is -2.32. The van der Waals surface area contributed by atoms with Gasteiger partial charge < -0.3 is 9.64 Å². The topological polar surface area (TPSA) is 38.2 Å². The predicted octanol–water partition coefficient (Wildman–Crippen LogP) is 3.66. The number of rotatable bonds is 6. The van der Waals surface area contributed by atoms with Gasteiger partial charge in [-0.25, -0.2) is 13.8 Å². The van der Waals surface area contributed by atoms with Crippen molar-refractivity contribution in [3.8, 4) is 5.88 Å². The molecule has 0 aliphatic carbocycles. The zero-order valence-corrected chi connectivity index (χ0v) is 13.6. The maximum Gasteiger partial charge on any atom is 0.219 e. The normalized spacial score (nSPS) is 13.8. The molecule has 1 fully saturated rings. The molecule has 0 bridgehead atoms. The van der Waals surface area contributed by atoms with Gasteiger partial charge in [-0.3, -0.25) is 0 Å². The van der Waals surface area contributed by atoms with Crippen molar-refractivity contribution in [3.05, 3.63) is 41.5 Å². The third-order valence-electron chi connectivity index (χ3n) is 3.53. The first-order valence-electron chi connectivity index (χ1n) is 7.50. The minimum Gasteiger partial charge on any atom is -0.478 e. The molecule has 1 aliphatic heterocycles. The van der Waals surface area contributed by atoms with Gasteiger partial charge >= 0.3 is 0 Å². The highest BCUT2D eigenvalue weighted by atomic mass is 32.2. The second-order valence-corrected chi connectivity index (χ2v) is 6.06. The van der Waals surface area contributed by atoms with E-state index in [2.05, 4.69) is 14.9 Å². The highest BCUT2D eigenvalue weighted by Crippen LogP contribution is 2.28. The maximum atomic E-state index is 13.7. The van der Waals surface area contributed by atoms with Gasteiger partial charge in [-0.2, -0.15) is 4.98 Å². The first kappa shape index (κ1) is 16.0. The largest absolute Gasteiger partial charge is 0.478 e. The SMILES string of the molecule is CCOc1cc(N2CCC2)nc(SCc2cccc(F)c2F)n1. The lowest BCUT2D eigenvalue weighted by molar-refractivity contribution is 0.323. The zero-order chi connectivity index (χ0) is 16.2. The number of benzene rings is 1. The number of hydrogen-bond donors (Lipinski definition) is 0. The second kappa shape index (κ2) is 7.12. The molecule has 1 aromatic carbocycles. The van der Waals surface area contributed by atoms with Gasteiger partial charge in [0.1, 0.15) is 5.82 Å². The van der Waals surface area contributed by atoms with E-state index >= 15 is 0 Å². The zero-order valence-electron chi connectivity index (χ0n) is 12.8. The van der Waals surface area contributed by atoms with Gasteiger partial charge in [0.2, 0.25) is 5.88 Å². The Labute approximate surface area is 137 Å². The third kappa shape index (κ3) is 3.72. The fourth-order valence-corrected chi connectivity index (χ4v) is 3.01. The van der Waals surface area contributed by atoms with Crippen LogP contribution in [0.4, 0.5) is 14.6 Å². The first-order chi connectivity index (χ1) is 11.2. The summed E-state index contributed by atoms with van der Waals surface area (Å²) in [6.45, 7) is 4.33. The molecule has 0 N–H and O–H groups in total. The number of aromatic nitrogens is 2. The lowest BCUT2D eigenvalue weighted by Crippen LogP contribution is -2.37. The molecule has 0 spiro atoms. The molecule has 1 aliphatic rings. The highest BCUT2D eigenvalue weighted by molar-refractivity contribution is 7.98. The summed E-state index contributed by atoms with van der Waals surface area (Å²) in [5, 5.41) is 0.501. The van der Waals surface area contributed by atoms with E-state index in [-0.39, 0.29) is 5.75 Å². The molecule has 0 atom stereocenters. The molecule has 7 heteroatoms. The minimum absolute atomic E-state index is 0.263. The molecule has 0 unspecified atom stereocenters. The van der Waals surface area contributed by atoms with E-state index < -0.39 is 11.6 Å². The third-order valence-corrected chi connectivity index (χ3v) is 4.43. The van der Waals surface area contributed by atoms with Crippen LogP contribution in [0.25, 0.3) is 0 Å². The first-order valence-corrected chi connectivity index (χ1v) is 8.48. The molecule has 0 saturated carbocycles. The molecule has 0 radical (unpaired) electrons. The van der Waals surface area contributed by atoms with E-state index in [1.807, 2.05) is 13.0 Å². The number of nitrogens with zero attached hydrogens (tertiary/aromatic N) is 3. The summed E-state index contributed by atoms with van der Waals surface area (Å²) in [5.74, 6) is -0.0701. The van der Waals surface area contributed by atoms with Crippen LogP contribution in [-0.2, 0) is 5.75 Å². The number of thioether (sulfide) groups is 1. The van der Waals surface area contributed by atoms with E-state index in [4.69, 9.17) is 4.74 Å². The molecule has 1 aromatic heterocycles. The fourth-order valence-electron chi connectivity index (χ4n) is 2.19. The van der Waals surface area contributed by atoms with Crippen molar-refractivity contribution in [2.45, 2.75) is 24.3 Å². The van der Waals surface area contributed by atoms with Crippen molar-refractivity contribution < 1.29 is 13.5 Å². The average Bonchev–Trinajstić information content (AvgIpc) is 2.47. The van der Waals surface area contributed by atoms with E-state index in [1.54, 1.807) is 6.07 Å². The Bertz CT molecular complexity index is 695. The average molecular weight is 337 g/mol. The Morgan fingerprint density at radius 2 is 2.09 bits per heavy atom. The summed E-state index contributed by atoms with van der Waals surface area (Å²) >= 11 is 1.27. The summed E-state index contributed by atoms with van der Waals surface area (Å²) in [6, 6.07) is 5.98. The second-order valence-electron chi connectivity index (χ2n) is 5.12. The van der Waals surface area contributed by atoms with Crippen LogP contribution in [0.5, 0.6) is 5.88 Å². The van der Waals surface area contributed by atoms with Crippen LogP contribution in [0.2, 0.25) is 0 Å². The van der Waals surface area contributed by atoms with Crippen molar-refractivity contribution in [1.82, 2.24) is 9.97 Å². The maximum absolute atomic E-state index is 13.7. The summed E-state index contributed by atoms with van der Waals surface area (Å²) in [4.78, 5) is 10.9. The fraction of sp³-hybridized carbons (Fsp3) is 0.375. The van der Waals surface area contributed by atoms with Crippen molar-refractivity contribution in [3.63, 3.8) is 0 Å². The van der Waals surface area contributed by atoms with Crippen LogP contribution in [0.1, 0.15) is 18.9 Å². The van der Waals surface area contributed by atoms with Crippen molar-refractivity contribution >= 4 is 17.6 Å². The van der Waals surface area contributed by atoms with Crippen LogP contribution in [0.3, 0.4) is 0 Å². The molecule has 0 amide bonds. The van der Waals surface area contributed by atoms with Gasteiger partial charge in [0.25, 0.3) is 0 Å². The molecule has 1 saturated heterocycles. The van der Waals surface area contributed by atoms with Gasteiger partial charge in [-0.1, -0.05) is 23.9 Å². The van der Waals surface area contributed by atoms with Crippen molar-refractivity contribution in [2.75, 3.05) is 24.6 Å². The van der Waals surface area contributed by atoms with Crippen LogP contribution in [-0.4, -0.2) is 29.7 Å². The Morgan fingerprint density at radius 3 is 2.78 bits per heavy atom. The van der Waals surface area contributed by atoms with E-state index in [0.717, 1.165) is 31.4 Å². The molecule has 2 heterocycles. The monoisotopic (exact) mass is 337 g/mol.